The van der Waals surface area contributed by atoms with Crippen LogP contribution < -0.4 is 0 Å². The zero-order valence-electron chi connectivity index (χ0n) is 23.2. The number of nitrogens with zero attached hydrogens (tertiary/aromatic N) is 7. The van der Waals surface area contributed by atoms with Crippen molar-refractivity contribution in [1.29, 1.82) is 0 Å². The Balaban J connectivity index is 1.23. The second-order valence-electron chi connectivity index (χ2n) is 10.8. The highest BCUT2D eigenvalue weighted by Crippen LogP contribution is 2.32. The fraction of sp³-hybridized carbons (Fsp3) is 0.433. The number of rotatable bonds is 8. The van der Waals surface area contributed by atoms with Gasteiger partial charge in [-0.2, -0.15) is 8.78 Å². The molecular formula is C30H33F2N7O2. The van der Waals surface area contributed by atoms with Crippen molar-refractivity contribution in [2.45, 2.75) is 65.0 Å². The van der Waals surface area contributed by atoms with Gasteiger partial charge in [-0.1, -0.05) is 30.4 Å². The molecule has 1 fully saturated rings. The molecule has 11 heteroatoms. The van der Waals surface area contributed by atoms with Crippen LogP contribution in [0, 0.1) is 23.7 Å². The molecule has 1 aromatic carbocycles. The Morgan fingerprint density at radius 2 is 2.02 bits per heavy atom. The van der Waals surface area contributed by atoms with Gasteiger partial charge < -0.3 is 14.6 Å². The van der Waals surface area contributed by atoms with E-state index in [1.807, 2.05) is 25.4 Å². The fourth-order valence-corrected chi connectivity index (χ4v) is 5.50. The topological polar surface area (TPSA) is 102 Å². The van der Waals surface area contributed by atoms with Crippen LogP contribution in [0.4, 0.5) is 13.6 Å². The molecule has 0 saturated heterocycles. The maximum atomic E-state index is 13.7. The number of alkyl halides is 2. The van der Waals surface area contributed by atoms with Crippen LogP contribution in [0.15, 0.2) is 49.1 Å². The van der Waals surface area contributed by atoms with E-state index in [0.29, 0.717) is 23.8 Å². The van der Waals surface area contributed by atoms with Gasteiger partial charge in [0.25, 0.3) is 5.92 Å². The van der Waals surface area contributed by atoms with E-state index in [-0.39, 0.29) is 18.2 Å². The molecule has 0 aliphatic heterocycles. The Hall–Kier alpha value is -4.33. The van der Waals surface area contributed by atoms with Gasteiger partial charge in [0.15, 0.2) is 0 Å². The van der Waals surface area contributed by atoms with Gasteiger partial charge in [0.05, 0.1) is 35.8 Å². The van der Waals surface area contributed by atoms with Crippen LogP contribution in [0.25, 0.3) is 16.7 Å². The summed E-state index contributed by atoms with van der Waals surface area (Å²) in [5, 5.41) is 18.1. The number of carboxylic acid groups (broad SMARTS) is 1. The number of amides is 1. The van der Waals surface area contributed by atoms with Crippen LogP contribution in [0.2, 0.25) is 0 Å². The first-order valence-electron chi connectivity index (χ1n) is 13.9. The van der Waals surface area contributed by atoms with Crippen LogP contribution in [0.5, 0.6) is 0 Å². The largest absolute Gasteiger partial charge is 0.465 e. The third-order valence-corrected chi connectivity index (χ3v) is 7.48. The number of halogens is 2. The average Bonchev–Trinajstić information content (AvgIpc) is 3.58. The number of benzene rings is 1. The van der Waals surface area contributed by atoms with Crippen LogP contribution in [0.3, 0.4) is 0 Å². The summed E-state index contributed by atoms with van der Waals surface area (Å²) < 4.78 is 31.0. The molecule has 0 spiro atoms. The predicted molar refractivity (Wildman–Crippen MR) is 150 cm³/mol. The number of hydrogen-bond acceptors (Lipinski definition) is 5. The normalized spacial score (nSPS) is 17.3. The van der Waals surface area contributed by atoms with Gasteiger partial charge in [0.2, 0.25) is 0 Å². The molecule has 2 unspecified atom stereocenters. The first-order valence-corrected chi connectivity index (χ1v) is 13.9. The Bertz CT molecular complexity index is 1580. The van der Waals surface area contributed by atoms with E-state index in [4.69, 9.17) is 0 Å². The molecule has 5 rings (SSSR count). The predicted octanol–water partition coefficient (Wildman–Crippen LogP) is 5.87. The Morgan fingerprint density at radius 3 is 2.80 bits per heavy atom. The molecule has 2 atom stereocenters. The Kier molecular flexibility index (Phi) is 8.28. The zero-order chi connectivity index (χ0) is 29.0. The van der Waals surface area contributed by atoms with Gasteiger partial charge in [-0.3, -0.25) is 4.98 Å². The zero-order valence-corrected chi connectivity index (χ0v) is 23.2. The summed E-state index contributed by atoms with van der Waals surface area (Å²) in [6.07, 6.45) is 8.50. The second-order valence-corrected chi connectivity index (χ2v) is 10.8. The minimum absolute atomic E-state index is 0.0616. The lowest BCUT2D eigenvalue weighted by Gasteiger charge is -2.32. The number of aromatic nitrogens is 6. The van der Waals surface area contributed by atoms with Crippen LogP contribution in [0.1, 0.15) is 62.9 Å². The molecule has 214 valence electrons. The van der Waals surface area contributed by atoms with E-state index in [0.717, 1.165) is 62.2 Å². The molecule has 1 aliphatic carbocycles. The van der Waals surface area contributed by atoms with Crippen molar-refractivity contribution < 1.29 is 18.7 Å². The molecule has 4 aromatic rings. The van der Waals surface area contributed by atoms with Crippen molar-refractivity contribution >= 4 is 17.1 Å². The number of hydrogen-bond donors (Lipinski definition) is 1. The average molecular weight is 562 g/mol. The number of pyridine rings is 1. The molecule has 3 aromatic heterocycles. The fourth-order valence-electron chi connectivity index (χ4n) is 5.50. The summed E-state index contributed by atoms with van der Waals surface area (Å²) in [4.78, 5) is 21.8. The maximum Gasteiger partial charge on any atom is 0.407 e. The van der Waals surface area contributed by atoms with Gasteiger partial charge in [-0.15, -0.1) is 5.10 Å². The SMILES string of the molecule is CCC#Cc1ccc2ncn(CC3CCCC(CN(Cc4cn(-c5ccnc(C(C)(F)F)c5)nn4)C(=O)O)C3)c2c1. The molecule has 9 nitrogen and oxygen atoms in total. The quantitative estimate of drug-likeness (QED) is 0.270. The molecule has 1 amide bonds. The van der Waals surface area contributed by atoms with Gasteiger partial charge >= 0.3 is 6.09 Å². The van der Waals surface area contributed by atoms with Crippen molar-refractivity contribution in [3.8, 4) is 17.5 Å². The van der Waals surface area contributed by atoms with Crippen molar-refractivity contribution in [3.05, 3.63) is 66.0 Å². The lowest BCUT2D eigenvalue weighted by atomic mass is 9.81. The van der Waals surface area contributed by atoms with E-state index >= 15 is 0 Å². The summed E-state index contributed by atoms with van der Waals surface area (Å²) >= 11 is 0. The highest BCUT2D eigenvalue weighted by Gasteiger charge is 2.28. The smallest absolute Gasteiger partial charge is 0.407 e. The molecule has 41 heavy (non-hydrogen) atoms. The molecular weight excluding hydrogens is 528 g/mol. The van der Waals surface area contributed by atoms with Crippen LogP contribution >= 0.6 is 0 Å². The van der Waals surface area contributed by atoms with E-state index in [9.17, 15) is 18.7 Å². The summed E-state index contributed by atoms with van der Waals surface area (Å²) in [5.41, 5.74) is 3.42. The maximum absolute atomic E-state index is 13.7. The molecule has 0 radical (unpaired) electrons. The molecule has 1 N–H and O–H groups in total. The van der Waals surface area contributed by atoms with E-state index in [1.165, 1.54) is 21.8 Å². The van der Waals surface area contributed by atoms with Crippen molar-refractivity contribution in [3.63, 3.8) is 0 Å². The number of fused-ring (bicyclic) bond motifs is 1. The minimum Gasteiger partial charge on any atom is -0.465 e. The Morgan fingerprint density at radius 1 is 1.20 bits per heavy atom. The van der Waals surface area contributed by atoms with Crippen molar-refractivity contribution in [1.82, 2.24) is 34.4 Å². The van der Waals surface area contributed by atoms with Crippen LogP contribution in [-0.4, -0.2) is 52.2 Å². The van der Waals surface area contributed by atoms with Gasteiger partial charge in [-0.25, -0.2) is 14.5 Å². The third kappa shape index (κ3) is 6.88. The number of carbonyl (C=O) groups is 1. The highest BCUT2D eigenvalue weighted by atomic mass is 19.3. The first-order chi connectivity index (χ1) is 19.7. The van der Waals surface area contributed by atoms with Gasteiger partial charge in [0.1, 0.15) is 11.4 Å². The third-order valence-electron chi connectivity index (χ3n) is 7.48. The van der Waals surface area contributed by atoms with E-state index < -0.39 is 12.0 Å². The monoisotopic (exact) mass is 561 g/mol. The van der Waals surface area contributed by atoms with Crippen molar-refractivity contribution in [2.24, 2.45) is 11.8 Å². The standard InChI is InChI=1S/C30H33F2N7O2/c1-3-4-6-21-9-10-26-27(14-21)38(20-34-26)17-23-8-5-7-22(13-23)16-37(29(40)41)18-24-19-39(36-35-24)25-11-12-33-28(15-25)30(2,31)32/h9-12,14-15,19-20,22-23H,3,5,7-8,13,16-18H2,1-2H3,(H,40,41). The van der Waals surface area contributed by atoms with E-state index in [1.54, 1.807) is 12.3 Å². The lowest BCUT2D eigenvalue weighted by Crippen LogP contribution is -2.36. The highest BCUT2D eigenvalue weighted by molar-refractivity contribution is 5.77. The van der Waals surface area contributed by atoms with Gasteiger partial charge in [-0.05, 0) is 61.4 Å². The molecule has 0 bridgehead atoms. The first kappa shape index (κ1) is 28.2. The second kappa shape index (κ2) is 12.0. The molecule has 1 saturated carbocycles. The molecule has 1 aliphatic rings. The van der Waals surface area contributed by atoms with Gasteiger partial charge in [0, 0.05) is 38.2 Å². The number of imidazole rings is 1. The van der Waals surface area contributed by atoms with Crippen LogP contribution in [-0.2, 0) is 19.0 Å². The minimum atomic E-state index is -3.09. The Labute approximate surface area is 237 Å². The molecule has 3 heterocycles. The summed E-state index contributed by atoms with van der Waals surface area (Å²) in [6, 6.07) is 8.89. The van der Waals surface area contributed by atoms with E-state index in [2.05, 4.69) is 42.8 Å². The summed E-state index contributed by atoms with van der Waals surface area (Å²) in [6.45, 7) is 4.08. The lowest BCUT2D eigenvalue weighted by molar-refractivity contribution is 0.0127. The summed E-state index contributed by atoms with van der Waals surface area (Å²) in [5.74, 6) is 3.84. The summed E-state index contributed by atoms with van der Waals surface area (Å²) in [7, 11) is 0. The van der Waals surface area contributed by atoms with Crippen molar-refractivity contribution in [2.75, 3.05) is 6.54 Å².